The van der Waals surface area contributed by atoms with E-state index in [9.17, 15) is 4.79 Å². The molecule has 1 heterocycles. The highest BCUT2D eigenvalue weighted by atomic mass is 35.5. The van der Waals surface area contributed by atoms with Gasteiger partial charge in [0.2, 0.25) is 5.96 Å². The average molecular weight is 402 g/mol. The number of amidine groups is 1. The number of benzene rings is 2. The smallest absolute Gasteiger partial charge is 0.209 e. The van der Waals surface area contributed by atoms with Gasteiger partial charge in [-0.25, -0.2) is 5.01 Å². The van der Waals surface area contributed by atoms with E-state index >= 15 is 0 Å². The maximum atomic E-state index is 10.9. The number of halogens is 1. The van der Waals surface area contributed by atoms with Gasteiger partial charge in [0, 0.05) is 24.2 Å². The molecule has 0 radical (unpaired) electrons. The summed E-state index contributed by atoms with van der Waals surface area (Å²) >= 11 is 0. The molecule has 0 spiro atoms. The van der Waals surface area contributed by atoms with Crippen molar-refractivity contribution in [2.75, 3.05) is 26.3 Å². The van der Waals surface area contributed by atoms with Crippen LogP contribution in [0, 0.1) is 5.41 Å². The lowest BCUT2D eigenvalue weighted by Crippen LogP contribution is -2.43. The molecule has 0 atom stereocenters. The highest BCUT2D eigenvalue weighted by molar-refractivity contribution is 5.99. The maximum Gasteiger partial charge on any atom is 0.209 e. The van der Waals surface area contributed by atoms with Crippen LogP contribution in [0.2, 0.25) is 0 Å². The van der Waals surface area contributed by atoms with Crippen molar-refractivity contribution in [3.8, 4) is 0 Å². The Morgan fingerprint density at radius 2 is 1.79 bits per heavy atom. The number of guanidine groups is 1. The first-order valence-corrected chi connectivity index (χ1v) is 8.80. The van der Waals surface area contributed by atoms with E-state index in [0.29, 0.717) is 44.2 Å². The minimum Gasteiger partial charge on any atom is -0.378 e. The van der Waals surface area contributed by atoms with E-state index in [1.165, 1.54) is 5.01 Å². The van der Waals surface area contributed by atoms with Gasteiger partial charge in [-0.2, -0.15) is 5.10 Å². The van der Waals surface area contributed by atoms with E-state index in [0.717, 1.165) is 17.4 Å². The second-order valence-electron chi connectivity index (χ2n) is 6.19. The summed E-state index contributed by atoms with van der Waals surface area (Å²) in [6.45, 7) is 3.03. The molecule has 1 fully saturated rings. The average Bonchev–Trinajstić information content (AvgIpc) is 2.72. The Kier molecular flexibility index (Phi) is 7.98. The Balaban J connectivity index is 0.00000280. The molecule has 7 nitrogen and oxygen atoms in total. The number of nitrogens with one attached hydrogen (secondary N) is 1. The summed E-state index contributed by atoms with van der Waals surface area (Å²) in [7, 11) is 0. The Bertz CT molecular complexity index is 805. The molecule has 1 aliphatic heterocycles. The second-order valence-corrected chi connectivity index (χ2v) is 6.19. The number of hydrogen-bond donors (Lipinski definition) is 2. The van der Waals surface area contributed by atoms with Crippen LogP contribution in [-0.2, 0) is 11.3 Å². The van der Waals surface area contributed by atoms with Crippen molar-refractivity contribution < 1.29 is 9.53 Å². The van der Waals surface area contributed by atoms with Gasteiger partial charge in [0.15, 0.2) is 5.84 Å². The van der Waals surface area contributed by atoms with Crippen LogP contribution in [0.15, 0.2) is 59.7 Å². The first-order chi connectivity index (χ1) is 13.2. The zero-order valence-electron chi connectivity index (χ0n) is 15.5. The normalized spacial score (nSPS) is 14.1. The number of morpholine rings is 1. The van der Waals surface area contributed by atoms with Crippen LogP contribution in [0.1, 0.15) is 21.5 Å². The molecule has 0 aliphatic carbocycles. The largest absolute Gasteiger partial charge is 0.378 e. The lowest BCUT2D eigenvalue weighted by atomic mass is 10.1. The number of hydrazone groups is 1. The number of carbonyl (C=O) groups excluding carboxylic acids is 1. The van der Waals surface area contributed by atoms with E-state index in [4.69, 9.17) is 21.0 Å². The monoisotopic (exact) mass is 401 g/mol. The van der Waals surface area contributed by atoms with E-state index in [-0.39, 0.29) is 18.4 Å². The summed E-state index contributed by atoms with van der Waals surface area (Å²) in [6.07, 6.45) is 0.812. The van der Waals surface area contributed by atoms with Gasteiger partial charge in [0.1, 0.15) is 6.29 Å². The van der Waals surface area contributed by atoms with Crippen molar-refractivity contribution in [3.63, 3.8) is 0 Å². The highest BCUT2D eigenvalue weighted by Gasteiger charge is 2.19. The molecule has 3 N–H and O–H groups in total. The lowest BCUT2D eigenvalue weighted by molar-refractivity contribution is 0.0676. The summed E-state index contributed by atoms with van der Waals surface area (Å²) in [6, 6.07) is 17.0. The Hall–Kier alpha value is -2.90. The molecule has 148 valence electrons. The molecule has 0 aromatic heterocycles. The summed E-state index contributed by atoms with van der Waals surface area (Å²) in [5, 5.41) is 14.1. The standard InChI is InChI=1S/C20H23N5O2.ClH/c21-20(22)25(14-16-4-2-1-3-5-16)23-19(24-10-12-27-13-11-24)18-8-6-17(15-26)7-9-18;/h1-9,15H,10-14H2,(H3,21,22);1H. The van der Waals surface area contributed by atoms with Gasteiger partial charge >= 0.3 is 0 Å². The van der Waals surface area contributed by atoms with Crippen LogP contribution in [0.5, 0.6) is 0 Å². The minimum atomic E-state index is -0.130. The van der Waals surface area contributed by atoms with Crippen molar-refractivity contribution in [2.24, 2.45) is 10.8 Å². The van der Waals surface area contributed by atoms with Gasteiger partial charge in [-0.15, -0.1) is 12.4 Å². The first kappa shape index (κ1) is 21.4. The zero-order chi connectivity index (χ0) is 19.1. The van der Waals surface area contributed by atoms with E-state index in [1.807, 2.05) is 42.5 Å². The van der Waals surface area contributed by atoms with Crippen LogP contribution in [-0.4, -0.2) is 54.3 Å². The van der Waals surface area contributed by atoms with Gasteiger partial charge in [0.25, 0.3) is 0 Å². The maximum absolute atomic E-state index is 10.9. The van der Waals surface area contributed by atoms with Crippen LogP contribution in [0.3, 0.4) is 0 Å². The third-order valence-corrected chi connectivity index (χ3v) is 4.28. The predicted molar refractivity (Wildman–Crippen MR) is 112 cm³/mol. The molecular weight excluding hydrogens is 378 g/mol. The Labute approximate surface area is 170 Å². The van der Waals surface area contributed by atoms with Gasteiger partial charge in [-0.1, -0.05) is 54.6 Å². The third-order valence-electron chi connectivity index (χ3n) is 4.28. The topological polar surface area (TPSA) is 95.0 Å². The summed E-state index contributed by atoms with van der Waals surface area (Å²) in [5.74, 6) is 0.580. The van der Waals surface area contributed by atoms with E-state index in [1.54, 1.807) is 12.1 Å². The quantitative estimate of drug-likeness (QED) is 0.347. The Morgan fingerprint density at radius 3 is 2.36 bits per heavy atom. The van der Waals surface area contributed by atoms with Gasteiger partial charge in [0.05, 0.1) is 19.8 Å². The fourth-order valence-electron chi connectivity index (χ4n) is 2.83. The van der Waals surface area contributed by atoms with Crippen molar-refractivity contribution in [3.05, 3.63) is 71.3 Å². The number of ether oxygens (including phenoxy) is 1. The van der Waals surface area contributed by atoms with Crippen LogP contribution in [0.4, 0.5) is 0 Å². The second kappa shape index (κ2) is 10.4. The molecule has 3 rings (SSSR count). The number of nitrogens with zero attached hydrogens (tertiary/aromatic N) is 3. The molecule has 0 unspecified atom stereocenters. The first-order valence-electron chi connectivity index (χ1n) is 8.80. The number of rotatable bonds is 5. The Morgan fingerprint density at radius 1 is 1.14 bits per heavy atom. The van der Waals surface area contributed by atoms with Crippen LogP contribution < -0.4 is 5.73 Å². The van der Waals surface area contributed by atoms with Crippen LogP contribution >= 0.6 is 12.4 Å². The molecule has 0 amide bonds. The van der Waals surface area contributed by atoms with Crippen molar-refractivity contribution in [1.82, 2.24) is 9.91 Å². The molecule has 0 bridgehead atoms. The fourth-order valence-corrected chi connectivity index (χ4v) is 2.83. The molecular formula is C20H24ClN5O2. The molecule has 28 heavy (non-hydrogen) atoms. The van der Waals surface area contributed by atoms with E-state index < -0.39 is 0 Å². The summed E-state index contributed by atoms with van der Waals surface area (Å²) in [4.78, 5) is 13.1. The number of aldehydes is 1. The van der Waals surface area contributed by atoms with E-state index in [2.05, 4.69) is 4.90 Å². The molecule has 0 saturated carbocycles. The minimum absolute atomic E-state index is 0. The molecule has 1 aliphatic rings. The molecule has 2 aromatic carbocycles. The van der Waals surface area contributed by atoms with Gasteiger partial charge in [-0.3, -0.25) is 10.2 Å². The lowest BCUT2D eigenvalue weighted by Gasteiger charge is -2.31. The predicted octanol–water partition coefficient (Wildman–Crippen LogP) is 2.31. The van der Waals surface area contributed by atoms with Crippen molar-refractivity contribution in [2.45, 2.75) is 6.54 Å². The SMILES string of the molecule is Cl.N=C(N)N(Cc1ccccc1)N=C(c1ccc(C=O)cc1)N1CCOCC1. The van der Waals surface area contributed by atoms with Crippen molar-refractivity contribution in [1.29, 1.82) is 5.41 Å². The van der Waals surface area contributed by atoms with Gasteiger partial charge in [-0.05, 0) is 5.56 Å². The molecule has 1 saturated heterocycles. The zero-order valence-corrected chi connectivity index (χ0v) is 16.3. The highest BCUT2D eigenvalue weighted by Crippen LogP contribution is 2.13. The van der Waals surface area contributed by atoms with Crippen molar-refractivity contribution >= 4 is 30.5 Å². The molecule has 8 heteroatoms. The summed E-state index contributed by atoms with van der Waals surface area (Å²) in [5.41, 5.74) is 8.27. The summed E-state index contributed by atoms with van der Waals surface area (Å²) < 4.78 is 5.45. The third kappa shape index (κ3) is 5.55. The number of carbonyl (C=O) groups is 1. The van der Waals surface area contributed by atoms with Crippen LogP contribution in [0.25, 0.3) is 0 Å². The number of nitrogens with two attached hydrogens (primary N) is 1. The number of hydrogen-bond acceptors (Lipinski definition) is 4. The molecule has 2 aromatic rings. The van der Waals surface area contributed by atoms with Gasteiger partial charge < -0.3 is 15.4 Å². The fraction of sp³-hybridized carbons (Fsp3) is 0.250.